The number of hydrogen-bond acceptors (Lipinski definition) is 4. The van der Waals surface area contributed by atoms with E-state index in [1.807, 2.05) is 17.8 Å². The number of alkyl halides is 3. The van der Waals surface area contributed by atoms with Gasteiger partial charge in [0.1, 0.15) is 5.75 Å². The highest BCUT2D eigenvalue weighted by molar-refractivity contribution is 5.84. The summed E-state index contributed by atoms with van der Waals surface area (Å²) in [6.07, 6.45) is 0.348. The molecule has 6 nitrogen and oxygen atoms in total. The van der Waals surface area contributed by atoms with Crippen molar-refractivity contribution < 1.29 is 17.9 Å². The van der Waals surface area contributed by atoms with E-state index in [2.05, 4.69) is 51.8 Å². The molecule has 2 heterocycles. The predicted octanol–water partition coefficient (Wildman–Crippen LogP) is 7.08. The van der Waals surface area contributed by atoms with Crippen LogP contribution >= 0.6 is 0 Å². The zero-order valence-electron chi connectivity index (χ0n) is 19.9. The standard InChI is InChI=1S/C26H28F3N5O/c1-16-12-17(2)14-20(13-16)34-24-9-4-18(23-10-11-30-33(23)3)15-22(24)32-25(34)31-19-5-7-21(8-6-19)35-26(27,28)29/h4-11,15-17,20H,12-14H2,1-3H3,(H,31,32). The number of nitrogens with one attached hydrogen (secondary N) is 1. The molecular weight excluding hydrogens is 455 g/mol. The van der Waals surface area contributed by atoms with Crippen molar-refractivity contribution in [3.63, 3.8) is 0 Å². The molecule has 2 atom stereocenters. The number of rotatable bonds is 5. The first-order chi connectivity index (χ1) is 16.7. The molecule has 0 bridgehead atoms. The van der Waals surface area contributed by atoms with Gasteiger partial charge in [0.25, 0.3) is 0 Å². The van der Waals surface area contributed by atoms with Gasteiger partial charge in [-0.25, -0.2) is 4.98 Å². The van der Waals surface area contributed by atoms with E-state index < -0.39 is 6.36 Å². The molecule has 1 fully saturated rings. The van der Waals surface area contributed by atoms with E-state index in [0.29, 0.717) is 23.5 Å². The van der Waals surface area contributed by atoms with Crippen molar-refractivity contribution in [2.75, 3.05) is 5.32 Å². The van der Waals surface area contributed by atoms with Gasteiger partial charge in [-0.05, 0) is 73.6 Å². The molecule has 0 spiro atoms. The molecule has 9 heteroatoms. The first kappa shape index (κ1) is 23.3. The maximum absolute atomic E-state index is 12.5. The Balaban J connectivity index is 1.53. The van der Waals surface area contributed by atoms with Crippen LogP contribution in [0.4, 0.5) is 24.8 Å². The van der Waals surface area contributed by atoms with E-state index >= 15 is 0 Å². The number of benzene rings is 2. The van der Waals surface area contributed by atoms with Gasteiger partial charge in [0, 0.05) is 30.5 Å². The maximum Gasteiger partial charge on any atom is 0.573 e. The first-order valence-electron chi connectivity index (χ1n) is 11.8. The van der Waals surface area contributed by atoms with Crippen LogP contribution in [0.3, 0.4) is 0 Å². The molecule has 0 saturated heterocycles. The fourth-order valence-corrected chi connectivity index (χ4v) is 5.36. The summed E-state index contributed by atoms with van der Waals surface area (Å²) in [5.41, 5.74) is 4.54. The summed E-state index contributed by atoms with van der Waals surface area (Å²) in [7, 11) is 1.90. The number of aryl methyl sites for hydroxylation is 1. The number of fused-ring (bicyclic) bond motifs is 1. The average Bonchev–Trinajstić information content (AvgIpc) is 3.35. The molecule has 5 rings (SSSR count). The predicted molar refractivity (Wildman–Crippen MR) is 130 cm³/mol. The summed E-state index contributed by atoms with van der Waals surface area (Å²) in [6.45, 7) is 4.57. The molecular formula is C26H28F3N5O. The lowest BCUT2D eigenvalue weighted by atomic mass is 9.80. The molecule has 0 aliphatic heterocycles. The number of halogens is 3. The second kappa shape index (κ2) is 8.94. The van der Waals surface area contributed by atoms with Crippen LogP contribution in [0, 0.1) is 11.8 Å². The summed E-state index contributed by atoms with van der Waals surface area (Å²) in [5.74, 6) is 1.62. The highest BCUT2D eigenvalue weighted by Crippen LogP contribution is 2.40. The van der Waals surface area contributed by atoms with E-state index in [4.69, 9.17) is 4.98 Å². The quantitative estimate of drug-likeness (QED) is 0.330. The Hall–Kier alpha value is -3.49. The SMILES string of the molecule is CC1CC(C)CC(n2c(Nc3ccc(OC(F)(F)F)cc3)nc3cc(-c4ccnn4C)ccc32)C1. The molecule has 1 aliphatic rings. The van der Waals surface area contributed by atoms with Crippen molar-refractivity contribution in [1.29, 1.82) is 0 Å². The molecule has 1 saturated carbocycles. The van der Waals surface area contributed by atoms with E-state index in [-0.39, 0.29) is 11.8 Å². The molecule has 0 amide bonds. The summed E-state index contributed by atoms with van der Waals surface area (Å²) < 4.78 is 45.7. The highest BCUT2D eigenvalue weighted by Gasteiger charge is 2.31. The summed E-state index contributed by atoms with van der Waals surface area (Å²) in [6, 6.07) is 14.2. The average molecular weight is 484 g/mol. The normalized spacial score (nSPS) is 20.8. The summed E-state index contributed by atoms with van der Waals surface area (Å²) in [4.78, 5) is 4.93. The molecule has 2 unspecified atom stereocenters. The Morgan fingerprint density at radius 1 is 0.971 bits per heavy atom. The fraction of sp³-hybridized carbons (Fsp3) is 0.385. The van der Waals surface area contributed by atoms with Gasteiger partial charge in [-0.15, -0.1) is 13.2 Å². The number of ether oxygens (including phenoxy) is 1. The van der Waals surface area contributed by atoms with Gasteiger partial charge in [-0.2, -0.15) is 5.10 Å². The second-order valence-electron chi connectivity index (χ2n) is 9.62. The fourth-order valence-electron chi connectivity index (χ4n) is 5.36. The Morgan fingerprint density at radius 2 is 1.69 bits per heavy atom. The summed E-state index contributed by atoms with van der Waals surface area (Å²) in [5, 5.41) is 7.61. The molecule has 2 aromatic carbocycles. The Bertz CT molecular complexity index is 1320. The van der Waals surface area contributed by atoms with Gasteiger partial charge in [0.05, 0.1) is 16.7 Å². The van der Waals surface area contributed by atoms with Crippen LogP contribution in [0.25, 0.3) is 22.3 Å². The third kappa shape index (κ3) is 4.99. The number of anilines is 2. The van der Waals surface area contributed by atoms with Crippen LogP contribution in [0.1, 0.15) is 39.2 Å². The lowest BCUT2D eigenvalue weighted by Gasteiger charge is -2.33. The first-order valence-corrected chi connectivity index (χ1v) is 11.8. The monoisotopic (exact) mass is 483 g/mol. The Labute approximate surface area is 201 Å². The number of hydrogen-bond donors (Lipinski definition) is 1. The van der Waals surface area contributed by atoms with E-state index in [0.717, 1.165) is 35.1 Å². The van der Waals surface area contributed by atoms with Gasteiger partial charge < -0.3 is 14.6 Å². The van der Waals surface area contributed by atoms with Crippen molar-refractivity contribution >= 4 is 22.7 Å². The van der Waals surface area contributed by atoms with Crippen molar-refractivity contribution in [3.05, 3.63) is 54.7 Å². The minimum atomic E-state index is -4.72. The van der Waals surface area contributed by atoms with Crippen molar-refractivity contribution in [2.45, 2.75) is 45.5 Å². The number of nitrogens with zero attached hydrogens (tertiary/aromatic N) is 4. The van der Waals surface area contributed by atoms with Crippen LogP contribution in [-0.2, 0) is 7.05 Å². The van der Waals surface area contributed by atoms with Gasteiger partial charge in [0.15, 0.2) is 0 Å². The lowest BCUT2D eigenvalue weighted by molar-refractivity contribution is -0.274. The van der Waals surface area contributed by atoms with Gasteiger partial charge in [-0.1, -0.05) is 19.9 Å². The lowest BCUT2D eigenvalue weighted by Crippen LogP contribution is -2.23. The van der Waals surface area contributed by atoms with Crippen LogP contribution in [0.2, 0.25) is 0 Å². The second-order valence-corrected chi connectivity index (χ2v) is 9.62. The third-order valence-electron chi connectivity index (χ3n) is 6.67. The van der Waals surface area contributed by atoms with Crippen LogP contribution < -0.4 is 10.1 Å². The summed E-state index contributed by atoms with van der Waals surface area (Å²) >= 11 is 0. The number of aromatic nitrogens is 4. The Kier molecular flexibility index (Phi) is 5.94. The van der Waals surface area contributed by atoms with Crippen molar-refractivity contribution in [1.82, 2.24) is 19.3 Å². The molecule has 184 valence electrons. The minimum Gasteiger partial charge on any atom is -0.406 e. The topological polar surface area (TPSA) is 56.9 Å². The van der Waals surface area contributed by atoms with Crippen molar-refractivity contribution in [3.8, 4) is 17.0 Å². The molecule has 1 aliphatic carbocycles. The van der Waals surface area contributed by atoms with Crippen LogP contribution in [0.5, 0.6) is 5.75 Å². The largest absolute Gasteiger partial charge is 0.573 e. The van der Waals surface area contributed by atoms with Crippen LogP contribution in [0.15, 0.2) is 54.7 Å². The Morgan fingerprint density at radius 3 is 2.31 bits per heavy atom. The highest BCUT2D eigenvalue weighted by atomic mass is 19.4. The number of imidazole rings is 1. The maximum atomic E-state index is 12.5. The molecule has 4 aromatic rings. The zero-order chi connectivity index (χ0) is 24.7. The molecule has 0 radical (unpaired) electrons. The minimum absolute atomic E-state index is 0.257. The van der Waals surface area contributed by atoms with Gasteiger partial charge >= 0.3 is 6.36 Å². The molecule has 35 heavy (non-hydrogen) atoms. The smallest absolute Gasteiger partial charge is 0.406 e. The van der Waals surface area contributed by atoms with E-state index in [9.17, 15) is 13.2 Å². The van der Waals surface area contributed by atoms with Gasteiger partial charge in [-0.3, -0.25) is 4.68 Å². The molecule has 1 N–H and O–H groups in total. The molecule has 2 aromatic heterocycles. The van der Waals surface area contributed by atoms with Crippen LogP contribution in [-0.4, -0.2) is 25.7 Å². The third-order valence-corrected chi connectivity index (χ3v) is 6.67. The van der Waals surface area contributed by atoms with E-state index in [1.165, 1.54) is 18.6 Å². The van der Waals surface area contributed by atoms with Gasteiger partial charge in [0.2, 0.25) is 5.95 Å². The van der Waals surface area contributed by atoms with E-state index in [1.54, 1.807) is 18.3 Å². The van der Waals surface area contributed by atoms with Crippen molar-refractivity contribution in [2.24, 2.45) is 18.9 Å². The zero-order valence-corrected chi connectivity index (χ0v) is 19.9.